The van der Waals surface area contributed by atoms with Crippen LogP contribution in [0.5, 0.6) is 0 Å². The Hall–Kier alpha value is -0.0431. The second kappa shape index (κ2) is 2.53. The number of hydrogen-bond acceptors (Lipinski definition) is 0. The van der Waals surface area contributed by atoms with Crippen molar-refractivity contribution in [3.05, 3.63) is 12.2 Å². The second-order valence-electron chi connectivity index (χ2n) is 4.40. The van der Waals surface area contributed by atoms with E-state index < -0.39 is 0 Å². The van der Waals surface area contributed by atoms with Gasteiger partial charge in [0, 0.05) is 10.2 Å². The first kappa shape index (κ1) is 8.06. The molecule has 0 spiro atoms. The van der Waals surface area contributed by atoms with Crippen LogP contribution in [0.1, 0.15) is 33.1 Å². The molecule has 58 valence electrons. The first-order chi connectivity index (χ1) is 4.52. The molecule has 0 nitrogen and oxygen atoms in total. The molecular formula is C9H18Si. The van der Waals surface area contributed by atoms with Gasteiger partial charge in [0.05, 0.1) is 0 Å². The van der Waals surface area contributed by atoms with Crippen LogP contribution in [-0.4, -0.2) is 10.2 Å². The lowest BCUT2D eigenvalue weighted by atomic mass is 9.76. The molecule has 1 heteroatoms. The molecule has 1 aliphatic rings. The highest BCUT2D eigenvalue weighted by molar-refractivity contribution is 6.16. The van der Waals surface area contributed by atoms with Crippen LogP contribution in [0.2, 0.25) is 5.04 Å². The highest BCUT2D eigenvalue weighted by Gasteiger charge is 2.27. The Morgan fingerprint density at radius 2 is 2.00 bits per heavy atom. The minimum Gasteiger partial charge on any atom is -0.0994 e. The van der Waals surface area contributed by atoms with Crippen LogP contribution in [-0.2, 0) is 0 Å². The maximum Gasteiger partial charge on any atom is 0.0151 e. The number of hydrogen-bond donors (Lipinski definition) is 0. The predicted molar refractivity (Wildman–Crippen MR) is 50.5 cm³/mol. The van der Waals surface area contributed by atoms with E-state index in [2.05, 4.69) is 20.4 Å². The van der Waals surface area contributed by atoms with Gasteiger partial charge in [-0.2, -0.15) is 0 Å². The number of rotatable bonds is 2. The summed E-state index contributed by atoms with van der Waals surface area (Å²) in [4.78, 5) is 0. The third-order valence-electron chi connectivity index (χ3n) is 2.56. The molecule has 1 saturated carbocycles. The standard InChI is InChI=1S/C9H18Si/c1-7(9(2,3)10)8-5-4-6-8/h8H,1,4-6H2,2-3,10H3. The molecule has 0 aromatic carbocycles. The van der Waals surface area contributed by atoms with E-state index in [-0.39, 0.29) is 0 Å². The molecule has 1 rings (SSSR count). The van der Waals surface area contributed by atoms with Crippen molar-refractivity contribution in [1.29, 1.82) is 0 Å². The Balaban J connectivity index is 2.48. The Morgan fingerprint density at radius 3 is 2.10 bits per heavy atom. The van der Waals surface area contributed by atoms with Gasteiger partial charge in [-0.25, -0.2) is 0 Å². The Kier molecular flexibility index (Phi) is 2.04. The minimum absolute atomic E-state index is 0.477. The largest absolute Gasteiger partial charge is 0.0994 e. The van der Waals surface area contributed by atoms with Crippen LogP contribution >= 0.6 is 0 Å². The third kappa shape index (κ3) is 1.51. The SMILES string of the molecule is C=C(C1CCC1)C(C)(C)[SiH3]. The smallest absolute Gasteiger partial charge is 0.0151 e. The Bertz CT molecular complexity index is 137. The summed E-state index contributed by atoms with van der Waals surface area (Å²) in [5.41, 5.74) is 1.52. The molecule has 0 aromatic rings. The van der Waals surface area contributed by atoms with E-state index in [4.69, 9.17) is 0 Å². The van der Waals surface area contributed by atoms with Crippen molar-refractivity contribution in [3.63, 3.8) is 0 Å². The summed E-state index contributed by atoms with van der Waals surface area (Å²) in [6, 6.07) is 0. The zero-order chi connectivity index (χ0) is 7.78. The summed E-state index contributed by atoms with van der Waals surface area (Å²) >= 11 is 0. The molecule has 0 N–H and O–H groups in total. The van der Waals surface area contributed by atoms with Gasteiger partial charge in [0.1, 0.15) is 0 Å². The molecule has 1 fully saturated rings. The lowest BCUT2D eigenvalue weighted by molar-refractivity contribution is 0.349. The molecule has 0 radical (unpaired) electrons. The van der Waals surface area contributed by atoms with Crippen molar-refractivity contribution in [1.82, 2.24) is 0 Å². The molecule has 0 saturated heterocycles. The summed E-state index contributed by atoms with van der Waals surface area (Å²) < 4.78 is 0. The van der Waals surface area contributed by atoms with Crippen LogP contribution in [0, 0.1) is 5.92 Å². The predicted octanol–water partition coefficient (Wildman–Crippen LogP) is 1.91. The van der Waals surface area contributed by atoms with Crippen molar-refractivity contribution < 1.29 is 0 Å². The van der Waals surface area contributed by atoms with Crippen molar-refractivity contribution in [3.8, 4) is 0 Å². The van der Waals surface area contributed by atoms with E-state index in [1.165, 1.54) is 35.1 Å². The van der Waals surface area contributed by atoms with Crippen LogP contribution in [0.15, 0.2) is 12.2 Å². The van der Waals surface area contributed by atoms with E-state index in [1.807, 2.05) is 0 Å². The van der Waals surface area contributed by atoms with Gasteiger partial charge in [0.25, 0.3) is 0 Å². The summed E-state index contributed by atoms with van der Waals surface area (Å²) in [5, 5.41) is 0.477. The van der Waals surface area contributed by atoms with Gasteiger partial charge in [0.2, 0.25) is 0 Å². The molecule has 1 aliphatic carbocycles. The Morgan fingerprint density at radius 1 is 1.50 bits per heavy atom. The zero-order valence-corrected chi connectivity index (χ0v) is 9.41. The van der Waals surface area contributed by atoms with Crippen molar-refractivity contribution >= 4 is 10.2 Å². The monoisotopic (exact) mass is 154 g/mol. The lowest BCUT2D eigenvalue weighted by Gasteiger charge is -2.35. The van der Waals surface area contributed by atoms with Crippen molar-refractivity contribution in [2.45, 2.75) is 38.1 Å². The van der Waals surface area contributed by atoms with E-state index >= 15 is 0 Å². The van der Waals surface area contributed by atoms with E-state index in [0.717, 1.165) is 5.92 Å². The fraction of sp³-hybridized carbons (Fsp3) is 0.778. The second-order valence-corrected chi connectivity index (χ2v) is 6.90. The fourth-order valence-corrected chi connectivity index (χ4v) is 1.78. The van der Waals surface area contributed by atoms with Crippen molar-refractivity contribution in [2.24, 2.45) is 5.92 Å². The molecule has 0 amide bonds. The maximum atomic E-state index is 4.18. The summed E-state index contributed by atoms with van der Waals surface area (Å²) in [6.45, 7) is 8.82. The highest BCUT2D eigenvalue weighted by atomic mass is 28.1. The molecule has 0 unspecified atom stereocenters. The normalized spacial score (nSPS) is 20.6. The molecule has 0 aromatic heterocycles. The van der Waals surface area contributed by atoms with E-state index in [0.29, 0.717) is 5.04 Å². The average molecular weight is 154 g/mol. The van der Waals surface area contributed by atoms with Crippen LogP contribution in [0.25, 0.3) is 0 Å². The topological polar surface area (TPSA) is 0 Å². The van der Waals surface area contributed by atoms with Crippen LogP contribution < -0.4 is 0 Å². The summed E-state index contributed by atoms with van der Waals surface area (Å²) in [5.74, 6) is 0.882. The minimum atomic E-state index is 0.477. The molecule has 0 bridgehead atoms. The first-order valence-electron chi connectivity index (χ1n) is 4.21. The van der Waals surface area contributed by atoms with E-state index in [9.17, 15) is 0 Å². The third-order valence-corrected chi connectivity index (χ3v) is 3.20. The van der Waals surface area contributed by atoms with Gasteiger partial charge in [-0.05, 0) is 23.8 Å². The van der Waals surface area contributed by atoms with Gasteiger partial charge in [-0.1, -0.05) is 32.4 Å². The molecular weight excluding hydrogens is 136 g/mol. The maximum absolute atomic E-state index is 4.18. The van der Waals surface area contributed by atoms with Crippen molar-refractivity contribution in [2.75, 3.05) is 0 Å². The molecule has 0 aliphatic heterocycles. The fourth-order valence-electron chi connectivity index (χ4n) is 1.37. The molecule has 0 heterocycles. The Labute approximate surface area is 67.1 Å². The van der Waals surface area contributed by atoms with Gasteiger partial charge in [-0.3, -0.25) is 0 Å². The van der Waals surface area contributed by atoms with Crippen LogP contribution in [0.3, 0.4) is 0 Å². The number of allylic oxidation sites excluding steroid dienone is 1. The quantitative estimate of drug-likeness (QED) is 0.421. The lowest BCUT2D eigenvalue weighted by Crippen LogP contribution is -2.20. The molecule has 0 atom stereocenters. The average Bonchev–Trinajstić information content (AvgIpc) is 1.57. The molecule has 10 heavy (non-hydrogen) atoms. The van der Waals surface area contributed by atoms with E-state index in [1.54, 1.807) is 0 Å². The van der Waals surface area contributed by atoms with Gasteiger partial charge in [-0.15, -0.1) is 0 Å². The zero-order valence-electron chi connectivity index (χ0n) is 7.41. The summed E-state index contributed by atoms with van der Waals surface area (Å²) in [7, 11) is 1.25. The van der Waals surface area contributed by atoms with Gasteiger partial charge >= 0.3 is 0 Å². The first-order valence-corrected chi connectivity index (χ1v) is 5.21. The van der Waals surface area contributed by atoms with Gasteiger partial charge < -0.3 is 0 Å². The van der Waals surface area contributed by atoms with Crippen LogP contribution in [0.4, 0.5) is 0 Å². The highest BCUT2D eigenvalue weighted by Crippen LogP contribution is 2.43. The summed E-state index contributed by atoms with van der Waals surface area (Å²) in [6.07, 6.45) is 4.25. The van der Waals surface area contributed by atoms with Gasteiger partial charge in [0.15, 0.2) is 0 Å².